The fraction of sp³-hybridized carbons (Fsp3) is 0.375. The van der Waals surface area contributed by atoms with Crippen molar-refractivity contribution >= 4 is 5.78 Å². The average Bonchev–Trinajstić information content (AvgIpc) is 3.00. The van der Waals surface area contributed by atoms with Crippen LogP contribution in [0.25, 0.3) is 0 Å². The second kappa shape index (κ2) is 5.12. The molecule has 0 saturated carbocycles. The Morgan fingerprint density at radius 2 is 2.20 bits per heavy atom. The smallest absolute Gasteiger partial charge is 0.163 e. The van der Waals surface area contributed by atoms with E-state index in [-0.39, 0.29) is 5.78 Å². The quantitative estimate of drug-likeness (QED) is 0.858. The Morgan fingerprint density at radius 3 is 3.00 bits per heavy atom. The summed E-state index contributed by atoms with van der Waals surface area (Å²) >= 11 is 0. The zero-order valence-electron chi connectivity index (χ0n) is 11.8. The van der Waals surface area contributed by atoms with Gasteiger partial charge in [-0.3, -0.25) is 9.48 Å². The molecule has 0 saturated heterocycles. The van der Waals surface area contributed by atoms with E-state index in [2.05, 4.69) is 12.0 Å². The van der Waals surface area contributed by atoms with Gasteiger partial charge in [-0.15, -0.1) is 0 Å². The third-order valence-electron chi connectivity index (χ3n) is 3.70. The van der Waals surface area contributed by atoms with Crippen LogP contribution in [0.15, 0.2) is 24.3 Å². The molecule has 1 aliphatic carbocycles. The summed E-state index contributed by atoms with van der Waals surface area (Å²) in [7, 11) is 0. The van der Waals surface area contributed by atoms with Gasteiger partial charge in [-0.2, -0.15) is 5.10 Å². The summed E-state index contributed by atoms with van der Waals surface area (Å²) < 4.78 is 7.87. The maximum atomic E-state index is 11.7. The van der Waals surface area contributed by atoms with Crippen LogP contribution in [-0.4, -0.2) is 15.6 Å². The standard InChI is InChI=1S/C16H18N2O2/c1-3-18-12(9-11(2)17-18)10-20-16-6-4-5-13-14(16)7-8-15(13)19/h4-6,9H,3,7-8,10H2,1-2H3. The van der Waals surface area contributed by atoms with Crippen molar-refractivity contribution in [1.29, 1.82) is 0 Å². The number of Topliss-reactive ketones (excluding diaryl/α,β-unsaturated/α-hetero) is 1. The molecule has 0 spiro atoms. The monoisotopic (exact) mass is 270 g/mol. The molecule has 104 valence electrons. The predicted molar refractivity (Wildman–Crippen MR) is 76.1 cm³/mol. The normalized spacial score (nSPS) is 13.6. The van der Waals surface area contributed by atoms with Gasteiger partial charge in [0.2, 0.25) is 0 Å². The van der Waals surface area contributed by atoms with Crippen molar-refractivity contribution in [2.75, 3.05) is 0 Å². The van der Waals surface area contributed by atoms with Crippen LogP contribution in [0.4, 0.5) is 0 Å². The Bertz CT molecular complexity index is 658. The fourth-order valence-electron chi connectivity index (χ4n) is 2.73. The lowest BCUT2D eigenvalue weighted by Crippen LogP contribution is -2.07. The topological polar surface area (TPSA) is 44.1 Å². The highest BCUT2D eigenvalue weighted by Crippen LogP contribution is 2.30. The molecule has 0 fully saturated rings. The number of benzene rings is 1. The van der Waals surface area contributed by atoms with E-state index < -0.39 is 0 Å². The van der Waals surface area contributed by atoms with Crippen LogP contribution >= 0.6 is 0 Å². The van der Waals surface area contributed by atoms with Gasteiger partial charge < -0.3 is 4.74 Å². The van der Waals surface area contributed by atoms with E-state index >= 15 is 0 Å². The molecule has 0 bridgehead atoms. The first-order valence-electron chi connectivity index (χ1n) is 7.00. The van der Waals surface area contributed by atoms with E-state index in [4.69, 9.17) is 4.74 Å². The zero-order valence-corrected chi connectivity index (χ0v) is 11.8. The number of carbonyl (C=O) groups excluding carboxylic acids is 1. The lowest BCUT2D eigenvalue weighted by atomic mass is 10.1. The molecule has 4 heteroatoms. The summed E-state index contributed by atoms with van der Waals surface area (Å²) in [5, 5.41) is 4.41. The van der Waals surface area contributed by atoms with Crippen molar-refractivity contribution in [1.82, 2.24) is 9.78 Å². The van der Waals surface area contributed by atoms with Crippen LogP contribution in [-0.2, 0) is 19.6 Å². The van der Waals surface area contributed by atoms with E-state index in [1.165, 1.54) is 0 Å². The van der Waals surface area contributed by atoms with Gasteiger partial charge in [0, 0.05) is 24.1 Å². The summed E-state index contributed by atoms with van der Waals surface area (Å²) in [6.07, 6.45) is 1.39. The highest BCUT2D eigenvalue weighted by molar-refractivity contribution is 6.01. The molecule has 0 amide bonds. The Morgan fingerprint density at radius 1 is 1.35 bits per heavy atom. The molecule has 3 rings (SSSR count). The molecular formula is C16H18N2O2. The number of aryl methyl sites for hydroxylation is 2. The zero-order chi connectivity index (χ0) is 14.1. The molecule has 1 aromatic carbocycles. The van der Waals surface area contributed by atoms with Gasteiger partial charge in [-0.1, -0.05) is 12.1 Å². The minimum absolute atomic E-state index is 0.222. The van der Waals surface area contributed by atoms with Crippen molar-refractivity contribution in [3.63, 3.8) is 0 Å². The maximum absolute atomic E-state index is 11.7. The largest absolute Gasteiger partial charge is 0.487 e. The maximum Gasteiger partial charge on any atom is 0.163 e. The fourth-order valence-corrected chi connectivity index (χ4v) is 2.73. The first-order valence-corrected chi connectivity index (χ1v) is 7.00. The van der Waals surface area contributed by atoms with Gasteiger partial charge in [0.1, 0.15) is 12.4 Å². The molecule has 1 heterocycles. The minimum Gasteiger partial charge on any atom is -0.487 e. The number of nitrogens with zero attached hydrogens (tertiary/aromatic N) is 2. The molecule has 2 aromatic rings. The van der Waals surface area contributed by atoms with Crippen LogP contribution in [0.1, 0.15) is 40.7 Å². The Kier molecular flexibility index (Phi) is 3.30. The Hall–Kier alpha value is -2.10. The number of hydrogen-bond acceptors (Lipinski definition) is 3. The number of ketones is 1. The van der Waals surface area contributed by atoms with Gasteiger partial charge in [0.25, 0.3) is 0 Å². The van der Waals surface area contributed by atoms with E-state index in [0.717, 1.165) is 41.2 Å². The molecule has 4 nitrogen and oxygen atoms in total. The minimum atomic E-state index is 0.222. The van der Waals surface area contributed by atoms with E-state index in [1.54, 1.807) is 0 Å². The molecule has 20 heavy (non-hydrogen) atoms. The van der Waals surface area contributed by atoms with Gasteiger partial charge in [-0.25, -0.2) is 0 Å². The third-order valence-corrected chi connectivity index (χ3v) is 3.70. The molecule has 1 aliphatic rings. The molecule has 0 aliphatic heterocycles. The van der Waals surface area contributed by atoms with Crippen molar-refractivity contribution in [3.8, 4) is 5.75 Å². The van der Waals surface area contributed by atoms with Crippen molar-refractivity contribution in [2.45, 2.75) is 39.8 Å². The number of rotatable bonds is 4. The van der Waals surface area contributed by atoms with Crippen LogP contribution in [0.5, 0.6) is 5.75 Å². The van der Waals surface area contributed by atoms with Crippen molar-refractivity contribution < 1.29 is 9.53 Å². The number of aromatic nitrogens is 2. The van der Waals surface area contributed by atoms with E-state index in [9.17, 15) is 4.79 Å². The van der Waals surface area contributed by atoms with E-state index in [1.807, 2.05) is 35.9 Å². The molecule has 1 aromatic heterocycles. The summed E-state index contributed by atoms with van der Waals surface area (Å²) in [4.78, 5) is 11.7. The van der Waals surface area contributed by atoms with Gasteiger partial charge in [0.15, 0.2) is 5.78 Å². The molecular weight excluding hydrogens is 252 g/mol. The SMILES string of the molecule is CCn1nc(C)cc1COc1cccc2c1CCC2=O. The van der Waals surface area contributed by atoms with Crippen LogP contribution < -0.4 is 4.74 Å². The number of ether oxygens (including phenoxy) is 1. The summed E-state index contributed by atoms with van der Waals surface area (Å²) in [6, 6.07) is 7.76. The summed E-state index contributed by atoms with van der Waals surface area (Å²) in [5.41, 5.74) is 3.94. The lowest BCUT2D eigenvalue weighted by Gasteiger charge is -2.11. The number of hydrogen-bond donors (Lipinski definition) is 0. The predicted octanol–water partition coefficient (Wildman–Crippen LogP) is 2.92. The summed E-state index contributed by atoms with van der Waals surface area (Å²) in [6.45, 7) is 5.36. The summed E-state index contributed by atoms with van der Waals surface area (Å²) in [5.74, 6) is 1.05. The number of carbonyl (C=O) groups is 1. The van der Waals surface area contributed by atoms with Gasteiger partial charge in [-0.05, 0) is 32.4 Å². The van der Waals surface area contributed by atoms with Gasteiger partial charge >= 0.3 is 0 Å². The second-order valence-electron chi connectivity index (χ2n) is 5.09. The molecule has 0 N–H and O–H groups in total. The second-order valence-corrected chi connectivity index (χ2v) is 5.09. The lowest BCUT2D eigenvalue weighted by molar-refractivity contribution is 0.0994. The highest BCUT2D eigenvalue weighted by atomic mass is 16.5. The third kappa shape index (κ3) is 2.22. The highest BCUT2D eigenvalue weighted by Gasteiger charge is 2.22. The van der Waals surface area contributed by atoms with Crippen LogP contribution in [0, 0.1) is 6.92 Å². The molecule has 0 atom stereocenters. The average molecular weight is 270 g/mol. The Balaban J connectivity index is 1.81. The van der Waals surface area contributed by atoms with Crippen LogP contribution in [0.2, 0.25) is 0 Å². The first-order chi connectivity index (χ1) is 9.69. The van der Waals surface area contributed by atoms with Gasteiger partial charge in [0.05, 0.1) is 11.4 Å². The molecule has 0 radical (unpaired) electrons. The van der Waals surface area contributed by atoms with Crippen molar-refractivity contribution in [2.24, 2.45) is 0 Å². The molecule has 0 unspecified atom stereocenters. The number of fused-ring (bicyclic) bond motifs is 1. The Labute approximate surface area is 118 Å². The van der Waals surface area contributed by atoms with Crippen molar-refractivity contribution in [3.05, 3.63) is 46.8 Å². The van der Waals surface area contributed by atoms with E-state index in [0.29, 0.717) is 13.0 Å². The van der Waals surface area contributed by atoms with Crippen LogP contribution in [0.3, 0.4) is 0 Å². The first kappa shape index (κ1) is 12.9.